The number of benzene rings is 1. The van der Waals surface area contributed by atoms with Gasteiger partial charge in [-0.15, -0.1) is 0 Å². The number of aromatic nitrogens is 2. The summed E-state index contributed by atoms with van der Waals surface area (Å²) in [6, 6.07) is 13.7. The van der Waals surface area contributed by atoms with Gasteiger partial charge >= 0.3 is 0 Å². The second-order valence-corrected chi connectivity index (χ2v) is 4.94. The second kappa shape index (κ2) is 5.34. The summed E-state index contributed by atoms with van der Waals surface area (Å²) in [5.74, 6) is -0.145. The Balaban J connectivity index is 2.23. The highest BCUT2D eigenvalue weighted by Gasteiger charge is 2.15. The molecule has 0 aliphatic heterocycles. The van der Waals surface area contributed by atoms with Gasteiger partial charge in [-0.3, -0.25) is 0 Å². The number of anilines is 1. The van der Waals surface area contributed by atoms with E-state index in [1.807, 2.05) is 29.9 Å². The molecule has 0 aliphatic rings. The number of nitrogens with zero attached hydrogens (tertiary/aromatic N) is 3. The van der Waals surface area contributed by atoms with Gasteiger partial charge in [0, 0.05) is 30.1 Å². The molecule has 0 aliphatic carbocycles. The molecule has 0 radical (unpaired) electrons. The molecule has 0 amide bonds. The Morgan fingerprint density at radius 2 is 1.95 bits per heavy atom. The Labute approximate surface area is 127 Å². The molecule has 3 rings (SSSR count). The summed E-state index contributed by atoms with van der Waals surface area (Å²) in [5, 5.41) is 9.36. The third kappa shape index (κ3) is 2.31. The fourth-order valence-electron chi connectivity index (χ4n) is 2.39. The van der Waals surface area contributed by atoms with Crippen LogP contribution >= 0.6 is 0 Å². The molecule has 3 aromatic rings. The number of nitrogens with two attached hydrogens (primary N) is 1. The summed E-state index contributed by atoms with van der Waals surface area (Å²) in [4.78, 5) is 4.27. The van der Waals surface area contributed by atoms with Crippen molar-refractivity contribution in [3.05, 3.63) is 60.0 Å². The van der Waals surface area contributed by atoms with Gasteiger partial charge in [0.15, 0.2) is 0 Å². The number of rotatable bonds is 2. The van der Waals surface area contributed by atoms with E-state index in [1.54, 1.807) is 18.2 Å². The zero-order chi connectivity index (χ0) is 15.7. The van der Waals surface area contributed by atoms with E-state index < -0.39 is 0 Å². The molecule has 5 heteroatoms. The normalized spacial score (nSPS) is 10.4. The van der Waals surface area contributed by atoms with E-state index in [9.17, 15) is 9.65 Å². The molecule has 0 saturated heterocycles. The molecule has 4 nitrogen and oxygen atoms in total. The summed E-state index contributed by atoms with van der Waals surface area (Å²) in [5.41, 5.74) is 9.21. The Bertz CT molecular complexity index is 873. The molecule has 2 aromatic heterocycles. The molecule has 0 saturated carbocycles. The van der Waals surface area contributed by atoms with E-state index in [0.29, 0.717) is 16.8 Å². The third-order valence-corrected chi connectivity index (χ3v) is 3.52. The van der Waals surface area contributed by atoms with E-state index in [-0.39, 0.29) is 11.6 Å². The lowest BCUT2D eigenvalue weighted by molar-refractivity contribution is 0.628. The molecule has 0 unspecified atom stereocenters. The average Bonchev–Trinajstić information content (AvgIpc) is 2.93. The molecule has 0 atom stereocenters. The minimum absolute atomic E-state index is 0.167. The van der Waals surface area contributed by atoms with Crippen LogP contribution in [0.1, 0.15) is 5.56 Å². The standard InChI is InChI=1S/C17H13FN4/c1-22-8-2-3-16(22)13-9-15(21-17(20)14(13)10-19)11-4-6-12(18)7-5-11/h2-9H,1H3,(H2,20,21). The minimum atomic E-state index is -0.312. The molecular formula is C17H13FN4. The highest BCUT2D eigenvalue weighted by atomic mass is 19.1. The first kappa shape index (κ1) is 13.8. The maximum Gasteiger partial charge on any atom is 0.142 e. The fourth-order valence-corrected chi connectivity index (χ4v) is 2.39. The SMILES string of the molecule is Cn1cccc1-c1cc(-c2ccc(F)cc2)nc(N)c1C#N. The van der Waals surface area contributed by atoms with Crippen LogP contribution < -0.4 is 5.73 Å². The Hall–Kier alpha value is -3.13. The summed E-state index contributed by atoms with van der Waals surface area (Å²) in [6.45, 7) is 0. The third-order valence-electron chi connectivity index (χ3n) is 3.52. The molecule has 108 valence electrons. The number of hydrogen-bond donors (Lipinski definition) is 1. The molecule has 0 bridgehead atoms. The van der Waals surface area contributed by atoms with Crippen molar-refractivity contribution in [2.75, 3.05) is 5.73 Å². The maximum atomic E-state index is 13.1. The molecule has 2 heterocycles. The highest BCUT2D eigenvalue weighted by Crippen LogP contribution is 2.31. The van der Waals surface area contributed by atoms with E-state index >= 15 is 0 Å². The van der Waals surface area contributed by atoms with E-state index in [1.165, 1.54) is 12.1 Å². The zero-order valence-electron chi connectivity index (χ0n) is 11.9. The zero-order valence-corrected chi connectivity index (χ0v) is 11.9. The van der Waals surface area contributed by atoms with Crippen molar-refractivity contribution in [1.29, 1.82) is 5.26 Å². The van der Waals surface area contributed by atoms with Gasteiger partial charge in [0.05, 0.1) is 5.69 Å². The van der Waals surface area contributed by atoms with Crippen LogP contribution in [-0.4, -0.2) is 9.55 Å². The van der Waals surface area contributed by atoms with Gasteiger partial charge in [0.2, 0.25) is 0 Å². The first-order chi connectivity index (χ1) is 10.6. The van der Waals surface area contributed by atoms with Crippen LogP contribution in [0.3, 0.4) is 0 Å². The van der Waals surface area contributed by atoms with E-state index in [2.05, 4.69) is 11.1 Å². The number of halogens is 1. The lowest BCUT2D eigenvalue weighted by atomic mass is 10.0. The van der Waals surface area contributed by atoms with Crippen LogP contribution in [0.4, 0.5) is 10.2 Å². The van der Waals surface area contributed by atoms with Crippen molar-refractivity contribution in [1.82, 2.24) is 9.55 Å². The van der Waals surface area contributed by atoms with Gasteiger partial charge in [-0.05, 0) is 42.5 Å². The highest BCUT2D eigenvalue weighted by molar-refractivity contribution is 5.78. The summed E-state index contributed by atoms with van der Waals surface area (Å²) < 4.78 is 15.0. The largest absolute Gasteiger partial charge is 0.383 e. The quantitative estimate of drug-likeness (QED) is 0.787. The molecule has 1 aromatic carbocycles. The van der Waals surface area contributed by atoms with Gasteiger partial charge in [-0.1, -0.05) is 0 Å². The van der Waals surface area contributed by atoms with Gasteiger partial charge in [0.25, 0.3) is 0 Å². The molecule has 22 heavy (non-hydrogen) atoms. The Morgan fingerprint density at radius 3 is 2.55 bits per heavy atom. The van der Waals surface area contributed by atoms with Gasteiger partial charge < -0.3 is 10.3 Å². The number of nitriles is 1. The van der Waals surface area contributed by atoms with Crippen LogP contribution in [0.2, 0.25) is 0 Å². The molecule has 2 N–H and O–H groups in total. The summed E-state index contributed by atoms with van der Waals surface area (Å²) >= 11 is 0. The number of hydrogen-bond acceptors (Lipinski definition) is 3. The van der Waals surface area contributed by atoms with Crippen molar-refractivity contribution >= 4 is 5.82 Å². The molecule has 0 spiro atoms. The van der Waals surface area contributed by atoms with Crippen molar-refractivity contribution in [3.63, 3.8) is 0 Å². The smallest absolute Gasteiger partial charge is 0.142 e. The van der Waals surface area contributed by atoms with Crippen molar-refractivity contribution in [2.45, 2.75) is 0 Å². The van der Waals surface area contributed by atoms with Crippen LogP contribution in [0.5, 0.6) is 0 Å². The Kier molecular flexibility index (Phi) is 3.36. The first-order valence-electron chi connectivity index (χ1n) is 6.68. The predicted octanol–water partition coefficient (Wildman–Crippen LogP) is 3.35. The van der Waals surface area contributed by atoms with Gasteiger partial charge in [0.1, 0.15) is 23.3 Å². The van der Waals surface area contributed by atoms with Crippen LogP contribution in [0, 0.1) is 17.1 Å². The van der Waals surface area contributed by atoms with Crippen LogP contribution in [0.15, 0.2) is 48.7 Å². The fraction of sp³-hybridized carbons (Fsp3) is 0.0588. The first-order valence-corrected chi connectivity index (χ1v) is 6.68. The topological polar surface area (TPSA) is 67.6 Å². The molecular weight excluding hydrogens is 279 g/mol. The van der Waals surface area contributed by atoms with Crippen molar-refractivity contribution in [2.24, 2.45) is 7.05 Å². The number of nitrogen functional groups attached to an aromatic ring is 1. The predicted molar refractivity (Wildman–Crippen MR) is 83.2 cm³/mol. The van der Waals surface area contributed by atoms with E-state index in [0.717, 1.165) is 11.3 Å². The van der Waals surface area contributed by atoms with Crippen molar-refractivity contribution < 1.29 is 4.39 Å². The summed E-state index contributed by atoms with van der Waals surface area (Å²) in [7, 11) is 1.89. The lowest BCUT2D eigenvalue weighted by Crippen LogP contribution is -2.01. The molecule has 0 fully saturated rings. The van der Waals surface area contributed by atoms with Gasteiger partial charge in [-0.25, -0.2) is 9.37 Å². The van der Waals surface area contributed by atoms with Crippen molar-refractivity contribution in [3.8, 4) is 28.6 Å². The average molecular weight is 292 g/mol. The second-order valence-electron chi connectivity index (χ2n) is 4.94. The summed E-state index contributed by atoms with van der Waals surface area (Å²) in [6.07, 6.45) is 1.89. The minimum Gasteiger partial charge on any atom is -0.383 e. The monoisotopic (exact) mass is 292 g/mol. The van der Waals surface area contributed by atoms with E-state index in [4.69, 9.17) is 5.73 Å². The van der Waals surface area contributed by atoms with Crippen LogP contribution in [0.25, 0.3) is 22.5 Å². The van der Waals surface area contributed by atoms with Crippen LogP contribution in [-0.2, 0) is 7.05 Å². The lowest BCUT2D eigenvalue weighted by Gasteiger charge is -2.11. The Morgan fingerprint density at radius 1 is 1.23 bits per heavy atom. The number of aryl methyl sites for hydroxylation is 1. The maximum absolute atomic E-state index is 13.1. The number of pyridine rings is 1. The van der Waals surface area contributed by atoms with Gasteiger partial charge in [-0.2, -0.15) is 5.26 Å².